The van der Waals surface area contributed by atoms with Crippen LogP contribution in [-0.2, 0) is 0 Å². The predicted molar refractivity (Wildman–Crippen MR) is 71.2 cm³/mol. The lowest BCUT2D eigenvalue weighted by Crippen LogP contribution is -2.01. The van der Waals surface area contributed by atoms with Crippen molar-refractivity contribution in [3.05, 3.63) is 36.7 Å². The van der Waals surface area contributed by atoms with Crippen molar-refractivity contribution in [3.8, 4) is 17.3 Å². The van der Waals surface area contributed by atoms with Gasteiger partial charge in [-0.3, -0.25) is 0 Å². The number of aromatic nitrogens is 4. The zero-order valence-corrected chi connectivity index (χ0v) is 9.96. The molecule has 0 unspecified atom stereocenters. The van der Waals surface area contributed by atoms with Crippen molar-refractivity contribution in [1.29, 1.82) is 5.26 Å². The van der Waals surface area contributed by atoms with Gasteiger partial charge >= 0.3 is 0 Å². The summed E-state index contributed by atoms with van der Waals surface area (Å²) < 4.78 is 0. The molecule has 19 heavy (non-hydrogen) atoms. The molecule has 0 bridgehead atoms. The highest BCUT2D eigenvalue weighted by atomic mass is 15.2. The number of fused-ring (bicyclic) bond motifs is 1. The molecule has 2 aromatic heterocycles. The maximum absolute atomic E-state index is 8.47. The fourth-order valence-electron chi connectivity index (χ4n) is 1.81. The average Bonchev–Trinajstić information content (AvgIpc) is 2.93. The number of nitriles is 1. The summed E-state index contributed by atoms with van der Waals surface area (Å²) in [6, 6.07) is 11.5. The summed E-state index contributed by atoms with van der Waals surface area (Å²) in [6.45, 7) is 0.216. The van der Waals surface area contributed by atoms with Gasteiger partial charge in [-0.1, -0.05) is 6.07 Å². The molecule has 0 spiro atoms. The van der Waals surface area contributed by atoms with E-state index in [2.05, 4.69) is 25.5 Å². The van der Waals surface area contributed by atoms with Crippen molar-refractivity contribution in [2.45, 2.75) is 0 Å². The van der Waals surface area contributed by atoms with Crippen molar-refractivity contribution in [3.63, 3.8) is 0 Å². The Morgan fingerprint density at radius 3 is 2.95 bits per heavy atom. The first-order valence-corrected chi connectivity index (χ1v) is 5.75. The number of hydrogen-bond donors (Lipinski definition) is 2. The van der Waals surface area contributed by atoms with Crippen LogP contribution in [0.25, 0.3) is 22.3 Å². The molecular formula is C13H10N6. The Kier molecular flexibility index (Phi) is 2.79. The summed E-state index contributed by atoms with van der Waals surface area (Å²) in [5, 5.41) is 19.5. The molecule has 6 heteroatoms. The number of anilines is 1. The van der Waals surface area contributed by atoms with Gasteiger partial charge in [0.05, 0.1) is 29.1 Å². The van der Waals surface area contributed by atoms with E-state index in [0.29, 0.717) is 5.82 Å². The van der Waals surface area contributed by atoms with E-state index in [4.69, 9.17) is 5.26 Å². The first-order chi connectivity index (χ1) is 9.36. The van der Waals surface area contributed by atoms with Gasteiger partial charge in [-0.2, -0.15) is 5.26 Å². The maximum Gasteiger partial charge on any atom is 0.149 e. The summed E-state index contributed by atoms with van der Waals surface area (Å²) in [7, 11) is 0. The maximum atomic E-state index is 8.47. The third-order valence-electron chi connectivity index (χ3n) is 2.73. The average molecular weight is 250 g/mol. The van der Waals surface area contributed by atoms with Gasteiger partial charge in [0.2, 0.25) is 0 Å². The van der Waals surface area contributed by atoms with Gasteiger partial charge in [0, 0.05) is 5.56 Å². The van der Waals surface area contributed by atoms with Crippen LogP contribution >= 0.6 is 0 Å². The van der Waals surface area contributed by atoms with E-state index in [1.807, 2.05) is 30.3 Å². The zero-order valence-electron chi connectivity index (χ0n) is 9.96. The van der Waals surface area contributed by atoms with E-state index in [9.17, 15) is 0 Å². The third kappa shape index (κ3) is 2.21. The van der Waals surface area contributed by atoms with Gasteiger partial charge in [0.15, 0.2) is 0 Å². The largest absolute Gasteiger partial charge is 0.356 e. The Bertz CT molecular complexity index is 738. The number of rotatable bonds is 3. The van der Waals surface area contributed by atoms with E-state index in [0.717, 1.165) is 22.3 Å². The van der Waals surface area contributed by atoms with Crippen LogP contribution in [0, 0.1) is 11.3 Å². The lowest BCUT2D eigenvalue weighted by molar-refractivity contribution is 1.03. The smallest absolute Gasteiger partial charge is 0.149 e. The molecule has 0 atom stereocenters. The lowest BCUT2D eigenvalue weighted by Gasteiger charge is -2.02. The summed E-state index contributed by atoms with van der Waals surface area (Å²) in [5.74, 6) is 0.591. The minimum absolute atomic E-state index is 0.216. The van der Waals surface area contributed by atoms with Crippen molar-refractivity contribution in [2.75, 3.05) is 11.9 Å². The summed E-state index contributed by atoms with van der Waals surface area (Å²) in [6.07, 6.45) is 1.66. The van der Waals surface area contributed by atoms with Crippen LogP contribution < -0.4 is 5.32 Å². The molecule has 0 aliphatic carbocycles. The molecule has 2 N–H and O–H groups in total. The molecule has 0 amide bonds. The molecule has 0 aliphatic rings. The van der Waals surface area contributed by atoms with Crippen LogP contribution in [0.5, 0.6) is 0 Å². The summed E-state index contributed by atoms with van der Waals surface area (Å²) in [4.78, 5) is 7.23. The van der Waals surface area contributed by atoms with Crippen LogP contribution in [0.4, 0.5) is 5.82 Å². The first-order valence-electron chi connectivity index (χ1n) is 5.75. The van der Waals surface area contributed by atoms with Crippen LogP contribution in [0.15, 0.2) is 36.7 Å². The Labute approximate surface area is 109 Å². The minimum Gasteiger partial charge on any atom is -0.356 e. The molecule has 0 aliphatic heterocycles. The second-order valence-electron chi connectivity index (χ2n) is 3.95. The molecular weight excluding hydrogens is 240 g/mol. The lowest BCUT2D eigenvalue weighted by atomic mass is 10.1. The molecule has 3 rings (SSSR count). The molecule has 0 radical (unpaired) electrons. The Morgan fingerprint density at radius 2 is 2.16 bits per heavy atom. The molecule has 6 nitrogen and oxygen atoms in total. The highest BCUT2D eigenvalue weighted by Crippen LogP contribution is 2.21. The summed E-state index contributed by atoms with van der Waals surface area (Å²) >= 11 is 0. The molecule has 1 aromatic carbocycles. The molecule has 3 aromatic rings. The predicted octanol–water partition coefficient (Wildman–Crippen LogP) is 1.96. The Morgan fingerprint density at radius 1 is 1.21 bits per heavy atom. The summed E-state index contributed by atoms with van der Waals surface area (Å²) in [5.41, 5.74) is 3.63. The Balaban J connectivity index is 1.90. The second kappa shape index (κ2) is 4.74. The number of nitrogens with zero attached hydrogens (tertiary/aromatic N) is 4. The SMILES string of the molecule is N#CCNc1ccc(-c2ccc3nc[nH]c3c2)nn1. The van der Waals surface area contributed by atoms with E-state index in [-0.39, 0.29) is 6.54 Å². The Hall–Kier alpha value is -2.94. The monoisotopic (exact) mass is 250 g/mol. The topological polar surface area (TPSA) is 90.3 Å². The number of hydrogen-bond acceptors (Lipinski definition) is 5. The fourth-order valence-corrected chi connectivity index (χ4v) is 1.81. The number of H-pyrrole nitrogens is 1. The molecule has 2 heterocycles. The van der Waals surface area contributed by atoms with Crippen LogP contribution in [-0.4, -0.2) is 26.7 Å². The number of nitrogens with one attached hydrogen (secondary N) is 2. The van der Waals surface area contributed by atoms with E-state index >= 15 is 0 Å². The third-order valence-corrected chi connectivity index (χ3v) is 2.73. The molecule has 0 fully saturated rings. The number of aromatic amines is 1. The molecule has 0 saturated heterocycles. The first kappa shape index (κ1) is 11.2. The van der Waals surface area contributed by atoms with Gasteiger partial charge in [-0.25, -0.2) is 4.98 Å². The standard InChI is InChI=1S/C13H10N6/c14-5-6-15-13-4-3-10(18-19-13)9-1-2-11-12(7-9)17-8-16-11/h1-4,7-8H,6H2,(H,15,19)(H,16,17). The second-order valence-corrected chi connectivity index (χ2v) is 3.95. The highest BCUT2D eigenvalue weighted by molar-refractivity contribution is 5.80. The van der Waals surface area contributed by atoms with Crippen LogP contribution in [0.2, 0.25) is 0 Å². The van der Waals surface area contributed by atoms with Crippen molar-refractivity contribution < 1.29 is 0 Å². The minimum atomic E-state index is 0.216. The highest BCUT2D eigenvalue weighted by Gasteiger charge is 2.03. The molecule has 92 valence electrons. The van der Waals surface area contributed by atoms with E-state index < -0.39 is 0 Å². The van der Waals surface area contributed by atoms with E-state index in [1.54, 1.807) is 12.4 Å². The molecule has 0 saturated carbocycles. The van der Waals surface area contributed by atoms with Crippen LogP contribution in [0.1, 0.15) is 0 Å². The zero-order chi connectivity index (χ0) is 13.1. The van der Waals surface area contributed by atoms with Crippen molar-refractivity contribution >= 4 is 16.9 Å². The van der Waals surface area contributed by atoms with Gasteiger partial charge < -0.3 is 10.3 Å². The normalized spacial score (nSPS) is 10.3. The van der Waals surface area contributed by atoms with Crippen LogP contribution in [0.3, 0.4) is 0 Å². The quantitative estimate of drug-likeness (QED) is 0.693. The fraction of sp³-hybridized carbons (Fsp3) is 0.0769. The van der Waals surface area contributed by atoms with Crippen molar-refractivity contribution in [2.24, 2.45) is 0 Å². The van der Waals surface area contributed by atoms with Gasteiger partial charge in [-0.05, 0) is 24.3 Å². The number of benzene rings is 1. The van der Waals surface area contributed by atoms with Gasteiger partial charge in [0.25, 0.3) is 0 Å². The van der Waals surface area contributed by atoms with Crippen molar-refractivity contribution in [1.82, 2.24) is 20.2 Å². The van der Waals surface area contributed by atoms with Gasteiger partial charge in [0.1, 0.15) is 12.4 Å². The number of imidazole rings is 1. The van der Waals surface area contributed by atoms with E-state index in [1.165, 1.54) is 0 Å². The van der Waals surface area contributed by atoms with Gasteiger partial charge in [-0.15, -0.1) is 10.2 Å².